The molecule has 28 heavy (non-hydrogen) atoms. The van der Waals surface area contributed by atoms with E-state index in [0.717, 1.165) is 0 Å². The van der Waals surface area contributed by atoms with Crippen LogP contribution in [0.25, 0.3) is 0 Å². The van der Waals surface area contributed by atoms with Gasteiger partial charge in [0.15, 0.2) is 16.7 Å². The van der Waals surface area contributed by atoms with Gasteiger partial charge in [0, 0.05) is 23.7 Å². The number of thioether (sulfide) groups is 1. The summed E-state index contributed by atoms with van der Waals surface area (Å²) in [6.07, 6.45) is 1.79. The summed E-state index contributed by atoms with van der Waals surface area (Å²) in [5, 5.41) is 3.12. The van der Waals surface area contributed by atoms with Crippen LogP contribution in [-0.2, 0) is 4.79 Å². The van der Waals surface area contributed by atoms with Gasteiger partial charge in [-0.25, -0.2) is 4.98 Å². The molecule has 148 valence electrons. The predicted octanol–water partition coefficient (Wildman–Crippen LogP) is 2.55. The van der Waals surface area contributed by atoms with Gasteiger partial charge in [-0.3, -0.25) is 9.59 Å². The van der Waals surface area contributed by atoms with Gasteiger partial charge in [0.1, 0.15) is 5.82 Å². The lowest BCUT2D eigenvalue weighted by Gasteiger charge is -2.26. The maximum absolute atomic E-state index is 12.8. The van der Waals surface area contributed by atoms with Crippen molar-refractivity contribution in [1.82, 2.24) is 9.97 Å². The Bertz CT molecular complexity index is 973. The molecule has 0 unspecified atom stereocenters. The number of aromatic amines is 1. The fourth-order valence-electron chi connectivity index (χ4n) is 3.22. The van der Waals surface area contributed by atoms with Gasteiger partial charge < -0.3 is 24.5 Å². The van der Waals surface area contributed by atoms with Gasteiger partial charge >= 0.3 is 0 Å². The predicted molar refractivity (Wildman–Crippen MR) is 107 cm³/mol. The van der Waals surface area contributed by atoms with Crippen molar-refractivity contribution in [2.45, 2.75) is 17.5 Å². The number of rotatable bonds is 7. The van der Waals surface area contributed by atoms with Crippen molar-refractivity contribution in [1.29, 1.82) is 0 Å². The first kappa shape index (κ1) is 19.8. The highest BCUT2D eigenvalue weighted by Gasteiger charge is 2.34. The largest absolute Gasteiger partial charge is 0.493 e. The molecule has 0 radical (unpaired) electrons. The van der Waals surface area contributed by atoms with Gasteiger partial charge in [-0.1, -0.05) is 23.9 Å². The second kappa shape index (κ2) is 8.39. The van der Waals surface area contributed by atoms with E-state index < -0.39 is 5.92 Å². The third-order valence-electron chi connectivity index (χ3n) is 4.38. The minimum absolute atomic E-state index is 0.0861. The van der Waals surface area contributed by atoms with Crippen LogP contribution in [0.2, 0.25) is 0 Å². The number of anilines is 1. The summed E-state index contributed by atoms with van der Waals surface area (Å²) in [5.74, 6) is 1.39. The highest BCUT2D eigenvalue weighted by atomic mass is 32.2. The molecule has 2 heterocycles. The summed E-state index contributed by atoms with van der Waals surface area (Å²) in [6, 6.07) is 3.49. The van der Waals surface area contributed by atoms with Crippen LogP contribution < -0.4 is 25.1 Å². The van der Waals surface area contributed by atoms with Crippen molar-refractivity contribution >= 4 is 23.5 Å². The quantitative estimate of drug-likeness (QED) is 0.416. The fourth-order valence-corrected chi connectivity index (χ4v) is 3.82. The number of fused-ring (bicyclic) bond motifs is 1. The average molecular weight is 403 g/mol. The number of carbonyl (C=O) groups is 1. The fraction of sp³-hybridized carbons (Fsp3) is 0.316. The van der Waals surface area contributed by atoms with Gasteiger partial charge in [-0.15, -0.1) is 6.58 Å². The molecule has 3 rings (SSSR count). The molecule has 8 nitrogen and oxygen atoms in total. The zero-order valence-corrected chi connectivity index (χ0v) is 16.6. The number of benzene rings is 1. The normalized spacial score (nSPS) is 15.4. The van der Waals surface area contributed by atoms with Crippen LogP contribution in [0, 0.1) is 0 Å². The summed E-state index contributed by atoms with van der Waals surface area (Å²) in [7, 11) is 4.53. The molecule has 1 atom stereocenters. The number of carbonyl (C=O) groups excluding carboxylic acids is 1. The van der Waals surface area contributed by atoms with Gasteiger partial charge in [0.25, 0.3) is 5.56 Å². The number of hydrogen-bond donors (Lipinski definition) is 2. The van der Waals surface area contributed by atoms with E-state index in [-0.39, 0.29) is 23.7 Å². The molecule has 2 aromatic rings. The number of nitrogens with one attached hydrogen (secondary N) is 2. The second-order valence-corrected chi connectivity index (χ2v) is 6.97. The molecule has 0 spiro atoms. The van der Waals surface area contributed by atoms with E-state index in [0.29, 0.717) is 39.3 Å². The Hall–Kier alpha value is -2.94. The van der Waals surface area contributed by atoms with E-state index in [1.165, 1.54) is 33.1 Å². The number of aromatic nitrogens is 2. The van der Waals surface area contributed by atoms with Crippen LogP contribution in [-0.4, -0.2) is 43.0 Å². The van der Waals surface area contributed by atoms with Gasteiger partial charge in [0.05, 0.1) is 26.9 Å². The topological polar surface area (TPSA) is 103 Å². The third kappa shape index (κ3) is 3.57. The monoisotopic (exact) mass is 403 g/mol. The maximum Gasteiger partial charge on any atom is 0.257 e. The summed E-state index contributed by atoms with van der Waals surface area (Å²) in [4.78, 5) is 32.3. The van der Waals surface area contributed by atoms with Crippen LogP contribution in [0.3, 0.4) is 0 Å². The van der Waals surface area contributed by atoms with Crippen molar-refractivity contribution in [2.24, 2.45) is 0 Å². The lowest BCUT2D eigenvalue weighted by atomic mass is 9.86. The molecule has 0 fully saturated rings. The first-order valence-electron chi connectivity index (χ1n) is 8.50. The molecule has 0 bridgehead atoms. The van der Waals surface area contributed by atoms with Crippen molar-refractivity contribution in [3.05, 3.63) is 46.3 Å². The Labute approximate surface area is 166 Å². The highest BCUT2D eigenvalue weighted by Crippen LogP contribution is 2.46. The third-order valence-corrected chi connectivity index (χ3v) is 5.25. The van der Waals surface area contributed by atoms with Crippen LogP contribution >= 0.6 is 11.8 Å². The van der Waals surface area contributed by atoms with Crippen molar-refractivity contribution in [3.63, 3.8) is 0 Å². The Morgan fingerprint density at radius 3 is 2.61 bits per heavy atom. The van der Waals surface area contributed by atoms with Crippen molar-refractivity contribution in [2.75, 3.05) is 32.4 Å². The number of H-pyrrole nitrogens is 1. The number of nitrogens with zero attached hydrogens (tertiary/aromatic N) is 1. The lowest BCUT2D eigenvalue weighted by molar-refractivity contribution is -0.116. The Kier molecular flexibility index (Phi) is 5.93. The lowest BCUT2D eigenvalue weighted by Crippen LogP contribution is -2.31. The standard InChI is InChI=1S/C19H21N3O5S/c1-5-8-28-19-21-17-14(18(24)22-19)11(9-13(23)20-17)10-6-7-12(25-2)16(27-4)15(10)26-3/h5-7,11H,1,8-9H2,2-4H3,(H2,20,21,22,23,24)/t11-/m1/s1. The number of amides is 1. The molecule has 1 aromatic carbocycles. The molecule has 9 heteroatoms. The molecule has 2 N–H and O–H groups in total. The van der Waals surface area contributed by atoms with Crippen LogP contribution in [0.4, 0.5) is 5.82 Å². The zero-order chi connectivity index (χ0) is 20.3. The molecule has 0 saturated carbocycles. The van der Waals surface area contributed by atoms with E-state index in [4.69, 9.17) is 14.2 Å². The molecule has 0 saturated heterocycles. The number of ether oxygens (including phenoxy) is 3. The second-order valence-electron chi connectivity index (χ2n) is 5.96. The van der Waals surface area contributed by atoms with E-state index >= 15 is 0 Å². The summed E-state index contributed by atoms with van der Waals surface area (Å²) in [6.45, 7) is 3.65. The van der Waals surface area contributed by atoms with Crippen LogP contribution in [0.1, 0.15) is 23.5 Å². The van der Waals surface area contributed by atoms with Crippen molar-refractivity contribution in [3.8, 4) is 17.2 Å². The Morgan fingerprint density at radius 1 is 1.21 bits per heavy atom. The SMILES string of the molecule is C=CCSc1nc2c(c(=O)[nH]1)[C@@H](c1ccc(OC)c(OC)c1OC)CC(=O)N2. The van der Waals surface area contributed by atoms with Gasteiger partial charge in [0.2, 0.25) is 11.7 Å². The Morgan fingerprint density at radius 2 is 1.96 bits per heavy atom. The molecule has 1 amide bonds. The van der Waals surface area contributed by atoms with Crippen LogP contribution in [0.15, 0.2) is 34.7 Å². The molecule has 1 aromatic heterocycles. The maximum atomic E-state index is 12.8. The molecule has 1 aliphatic heterocycles. The van der Waals surface area contributed by atoms with E-state index in [9.17, 15) is 9.59 Å². The molecular weight excluding hydrogens is 382 g/mol. The molecular formula is C19H21N3O5S. The summed E-state index contributed by atoms with van der Waals surface area (Å²) < 4.78 is 16.3. The Balaban J connectivity index is 2.17. The average Bonchev–Trinajstić information content (AvgIpc) is 2.69. The van der Waals surface area contributed by atoms with Gasteiger partial charge in [-0.05, 0) is 6.07 Å². The van der Waals surface area contributed by atoms with Gasteiger partial charge in [-0.2, -0.15) is 0 Å². The van der Waals surface area contributed by atoms with Crippen LogP contribution in [0.5, 0.6) is 17.2 Å². The minimum Gasteiger partial charge on any atom is -0.493 e. The molecule has 0 aliphatic carbocycles. The minimum atomic E-state index is -0.534. The zero-order valence-electron chi connectivity index (χ0n) is 15.8. The molecule has 1 aliphatic rings. The highest BCUT2D eigenvalue weighted by molar-refractivity contribution is 7.99. The number of hydrogen-bond acceptors (Lipinski definition) is 7. The van der Waals surface area contributed by atoms with E-state index in [1.807, 2.05) is 0 Å². The first-order valence-corrected chi connectivity index (χ1v) is 9.49. The summed E-state index contributed by atoms with van der Waals surface area (Å²) >= 11 is 1.33. The number of methoxy groups -OCH3 is 3. The summed E-state index contributed by atoms with van der Waals surface area (Å²) in [5.41, 5.74) is 0.724. The van der Waals surface area contributed by atoms with E-state index in [2.05, 4.69) is 21.9 Å². The van der Waals surface area contributed by atoms with Crippen molar-refractivity contribution < 1.29 is 19.0 Å². The van der Waals surface area contributed by atoms with E-state index in [1.54, 1.807) is 18.2 Å². The smallest absolute Gasteiger partial charge is 0.257 e. The first-order chi connectivity index (χ1) is 13.5.